The first-order valence-electron chi connectivity index (χ1n) is 4.79. The summed E-state index contributed by atoms with van der Waals surface area (Å²) in [7, 11) is 0. The summed E-state index contributed by atoms with van der Waals surface area (Å²) in [6.07, 6.45) is 0. The largest absolute Gasteiger partial charge is 4.00 e. The Labute approximate surface area is 101 Å². The van der Waals surface area contributed by atoms with E-state index < -0.39 is 0 Å². The Morgan fingerprint density at radius 2 is 1.08 bits per heavy atom. The molecule has 0 atom stereocenters. The van der Waals surface area contributed by atoms with Crippen LogP contribution in [-0.4, -0.2) is 41.9 Å². The maximum Gasteiger partial charge on any atom is 4.00 e. The van der Waals surface area contributed by atoms with Crippen LogP contribution in [0.3, 0.4) is 0 Å². The van der Waals surface area contributed by atoms with E-state index in [-0.39, 0.29) is 26.2 Å². The van der Waals surface area contributed by atoms with Gasteiger partial charge in [0.1, 0.15) is 0 Å². The van der Waals surface area contributed by atoms with Crippen LogP contribution in [0, 0.1) is 5.41 Å². The van der Waals surface area contributed by atoms with Crippen molar-refractivity contribution in [2.45, 2.75) is 27.7 Å². The molecule has 0 fully saturated rings. The average molecular weight is 263 g/mol. The van der Waals surface area contributed by atoms with Crippen molar-refractivity contribution in [3.8, 4) is 0 Å². The molecule has 0 aliphatic heterocycles. The fraction of sp³-hybridized carbons (Fsp3) is 0.889. The second-order valence-electron chi connectivity index (χ2n) is 2.67. The SMILES string of the molecule is CCN(CC)C(=N)N(CC)CC.[Zr+4]. The molecule has 0 aromatic heterocycles. The zero-order valence-electron chi connectivity index (χ0n) is 9.22. The molecule has 0 saturated carbocycles. The van der Waals surface area contributed by atoms with Gasteiger partial charge in [0.15, 0.2) is 5.96 Å². The third kappa shape index (κ3) is 4.80. The van der Waals surface area contributed by atoms with Gasteiger partial charge < -0.3 is 9.80 Å². The number of rotatable bonds is 4. The number of nitrogens with one attached hydrogen (secondary N) is 1. The van der Waals surface area contributed by atoms with E-state index >= 15 is 0 Å². The van der Waals surface area contributed by atoms with Gasteiger partial charge >= 0.3 is 26.2 Å². The van der Waals surface area contributed by atoms with Gasteiger partial charge in [-0.15, -0.1) is 0 Å². The molecule has 0 aromatic rings. The predicted molar refractivity (Wildman–Crippen MR) is 53.6 cm³/mol. The number of guanidine groups is 1. The van der Waals surface area contributed by atoms with Gasteiger partial charge in [0.2, 0.25) is 0 Å². The average Bonchev–Trinajstić information content (AvgIpc) is 2.09. The van der Waals surface area contributed by atoms with Crippen molar-refractivity contribution in [3.63, 3.8) is 0 Å². The molecule has 0 aromatic carbocycles. The van der Waals surface area contributed by atoms with Gasteiger partial charge in [-0.3, -0.25) is 5.41 Å². The first-order valence-corrected chi connectivity index (χ1v) is 4.79. The van der Waals surface area contributed by atoms with Crippen molar-refractivity contribution in [3.05, 3.63) is 0 Å². The fourth-order valence-electron chi connectivity index (χ4n) is 1.25. The molecule has 0 amide bonds. The Morgan fingerprint density at radius 3 is 1.23 bits per heavy atom. The van der Waals surface area contributed by atoms with Crippen LogP contribution >= 0.6 is 0 Å². The minimum absolute atomic E-state index is 0. The quantitative estimate of drug-likeness (QED) is 0.616. The minimum Gasteiger partial charge on any atom is -0.344 e. The normalized spacial score (nSPS) is 8.92. The van der Waals surface area contributed by atoms with E-state index in [1.807, 2.05) is 0 Å². The molecule has 0 unspecified atom stereocenters. The third-order valence-electron chi connectivity index (χ3n) is 2.13. The first-order chi connectivity index (χ1) is 5.71. The number of nitrogens with zero attached hydrogens (tertiary/aromatic N) is 2. The van der Waals surface area contributed by atoms with Crippen molar-refractivity contribution >= 4 is 5.96 Å². The standard InChI is InChI=1S/C9H21N3.Zr/c1-5-11(6-2)9(10)12(7-3)8-4;/h10H,5-8H2,1-4H3;/q;+4. The van der Waals surface area contributed by atoms with Crippen LogP contribution in [0.15, 0.2) is 0 Å². The van der Waals surface area contributed by atoms with Crippen molar-refractivity contribution in [2.75, 3.05) is 26.2 Å². The molecule has 3 nitrogen and oxygen atoms in total. The molecule has 0 bridgehead atoms. The fourth-order valence-corrected chi connectivity index (χ4v) is 1.25. The van der Waals surface area contributed by atoms with Gasteiger partial charge in [0.25, 0.3) is 0 Å². The predicted octanol–water partition coefficient (Wildman–Crippen LogP) is 1.60. The first kappa shape index (κ1) is 15.6. The summed E-state index contributed by atoms with van der Waals surface area (Å²) < 4.78 is 0. The molecule has 0 heterocycles. The van der Waals surface area contributed by atoms with Crippen LogP contribution in [0.1, 0.15) is 27.7 Å². The molecule has 0 aliphatic carbocycles. The van der Waals surface area contributed by atoms with Crippen LogP contribution in [-0.2, 0) is 26.2 Å². The summed E-state index contributed by atoms with van der Waals surface area (Å²) in [6, 6.07) is 0. The maximum atomic E-state index is 7.86. The topological polar surface area (TPSA) is 30.3 Å². The van der Waals surface area contributed by atoms with Crippen molar-refractivity contribution in [1.29, 1.82) is 5.41 Å². The van der Waals surface area contributed by atoms with Crippen LogP contribution in [0.5, 0.6) is 0 Å². The molecule has 0 radical (unpaired) electrons. The third-order valence-corrected chi connectivity index (χ3v) is 2.13. The van der Waals surface area contributed by atoms with E-state index in [1.54, 1.807) is 0 Å². The van der Waals surface area contributed by atoms with Crippen LogP contribution in [0.4, 0.5) is 0 Å². The van der Waals surface area contributed by atoms with Crippen molar-refractivity contribution < 1.29 is 26.2 Å². The van der Waals surface area contributed by atoms with Crippen molar-refractivity contribution in [2.24, 2.45) is 0 Å². The summed E-state index contributed by atoms with van der Waals surface area (Å²) in [5, 5.41) is 7.86. The molecular weight excluding hydrogens is 241 g/mol. The summed E-state index contributed by atoms with van der Waals surface area (Å²) in [5.41, 5.74) is 0. The second-order valence-corrected chi connectivity index (χ2v) is 2.67. The van der Waals surface area contributed by atoms with E-state index in [0.717, 1.165) is 26.2 Å². The van der Waals surface area contributed by atoms with Crippen LogP contribution in [0.25, 0.3) is 0 Å². The Hall–Kier alpha value is 0.153. The minimum atomic E-state index is 0. The zero-order chi connectivity index (χ0) is 9.56. The summed E-state index contributed by atoms with van der Waals surface area (Å²) in [6.45, 7) is 12.0. The Kier molecular flexibility index (Phi) is 10.5. The van der Waals surface area contributed by atoms with Gasteiger partial charge in [0.05, 0.1) is 0 Å². The summed E-state index contributed by atoms with van der Waals surface area (Å²) in [5.74, 6) is 0.657. The molecule has 13 heavy (non-hydrogen) atoms. The molecule has 4 heteroatoms. The molecule has 1 N–H and O–H groups in total. The molecule has 0 saturated heterocycles. The Balaban J connectivity index is 0. The van der Waals surface area contributed by atoms with Crippen LogP contribution in [0.2, 0.25) is 0 Å². The van der Waals surface area contributed by atoms with E-state index in [0.29, 0.717) is 5.96 Å². The maximum absolute atomic E-state index is 7.86. The number of hydrogen-bond donors (Lipinski definition) is 1. The monoisotopic (exact) mass is 261 g/mol. The number of hydrogen-bond acceptors (Lipinski definition) is 1. The summed E-state index contributed by atoms with van der Waals surface area (Å²) in [4.78, 5) is 4.12. The van der Waals surface area contributed by atoms with Gasteiger partial charge in [0, 0.05) is 26.2 Å². The van der Waals surface area contributed by atoms with Gasteiger partial charge in [-0.2, -0.15) is 0 Å². The van der Waals surface area contributed by atoms with Crippen LogP contribution < -0.4 is 0 Å². The van der Waals surface area contributed by atoms with Gasteiger partial charge in [-0.1, -0.05) is 0 Å². The van der Waals surface area contributed by atoms with Gasteiger partial charge in [-0.05, 0) is 27.7 Å². The van der Waals surface area contributed by atoms with Gasteiger partial charge in [-0.25, -0.2) is 0 Å². The van der Waals surface area contributed by atoms with E-state index in [2.05, 4.69) is 37.5 Å². The molecule has 0 spiro atoms. The van der Waals surface area contributed by atoms with Crippen molar-refractivity contribution in [1.82, 2.24) is 9.80 Å². The second kappa shape index (κ2) is 8.74. The molecule has 72 valence electrons. The summed E-state index contributed by atoms with van der Waals surface area (Å²) >= 11 is 0. The van der Waals surface area contributed by atoms with E-state index in [1.165, 1.54) is 0 Å². The smallest absolute Gasteiger partial charge is 0.344 e. The molecule has 0 rings (SSSR count). The van der Waals surface area contributed by atoms with E-state index in [4.69, 9.17) is 5.41 Å². The molecule has 0 aliphatic rings. The van der Waals surface area contributed by atoms with E-state index in [9.17, 15) is 0 Å². The Morgan fingerprint density at radius 1 is 0.846 bits per heavy atom. The Bertz CT molecular complexity index is 117. The molecular formula is C9H21N3Zr+4. The zero-order valence-corrected chi connectivity index (χ0v) is 11.7.